The molecule has 1 rings (SSSR count). The van der Waals surface area contributed by atoms with Crippen molar-refractivity contribution in [3.05, 3.63) is 35.4 Å². The molecule has 0 radical (unpaired) electrons. The Labute approximate surface area is 90.9 Å². The molecular formula is C11H16O3S. The summed E-state index contributed by atoms with van der Waals surface area (Å²) >= 11 is 0. The van der Waals surface area contributed by atoms with E-state index in [0.717, 1.165) is 12.8 Å². The summed E-state index contributed by atoms with van der Waals surface area (Å²) in [6.45, 7) is 2.03. The van der Waals surface area contributed by atoms with Gasteiger partial charge in [0.05, 0.1) is 5.75 Å². The number of aryl methyl sites for hydroxylation is 2. The SMILES string of the molecule is Cc1ccc(CCCCS(=O)(=O)O)cc1. The Morgan fingerprint density at radius 2 is 1.73 bits per heavy atom. The standard InChI is InChI=1S/C11H16O3S/c1-10-5-7-11(8-6-10)4-2-3-9-15(12,13)14/h5-8H,2-4,9H2,1H3,(H,12,13,14). The Kier molecular flexibility index (Phi) is 4.29. The van der Waals surface area contributed by atoms with Crippen molar-refractivity contribution in [2.24, 2.45) is 0 Å². The molecule has 0 saturated heterocycles. The summed E-state index contributed by atoms with van der Waals surface area (Å²) in [7, 11) is -3.79. The molecule has 4 heteroatoms. The van der Waals surface area contributed by atoms with E-state index in [1.54, 1.807) is 0 Å². The minimum atomic E-state index is -3.79. The highest BCUT2D eigenvalue weighted by atomic mass is 32.2. The fourth-order valence-corrected chi connectivity index (χ4v) is 1.94. The molecule has 1 aromatic carbocycles. The molecule has 0 heterocycles. The first-order valence-electron chi connectivity index (χ1n) is 4.98. The Morgan fingerprint density at radius 1 is 1.13 bits per heavy atom. The predicted octanol–water partition coefficient (Wildman–Crippen LogP) is 2.21. The average molecular weight is 228 g/mol. The summed E-state index contributed by atoms with van der Waals surface area (Å²) in [6.07, 6.45) is 2.14. The van der Waals surface area contributed by atoms with Gasteiger partial charge in [0.2, 0.25) is 0 Å². The molecule has 0 fully saturated rings. The maximum atomic E-state index is 10.4. The molecular weight excluding hydrogens is 212 g/mol. The number of rotatable bonds is 5. The van der Waals surface area contributed by atoms with E-state index in [-0.39, 0.29) is 5.75 Å². The summed E-state index contributed by atoms with van der Waals surface area (Å²) in [5.41, 5.74) is 2.42. The van der Waals surface area contributed by atoms with E-state index >= 15 is 0 Å². The maximum Gasteiger partial charge on any atom is 0.264 e. The number of benzene rings is 1. The van der Waals surface area contributed by atoms with Crippen LogP contribution in [0.1, 0.15) is 24.0 Å². The van der Waals surface area contributed by atoms with Crippen molar-refractivity contribution >= 4 is 10.1 Å². The van der Waals surface area contributed by atoms with Gasteiger partial charge < -0.3 is 0 Å². The van der Waals surface area contributed by atoms with Crippen LogP contribution in [-0.2, 0) is 16.5 Å². The molecule has 1 aromatic rings. The first-order valence-corrected chi connectivity index (χ1v) is 6.59. The summed E-state index contributed by atoms with van der Waals surface area (Å²) in [6, 6.07) is 8.17. The topological polar surface area (TPSA) is 54.4 Å². The predicted molar refractivity (Wildman–Crippen MR) is 60.5 cm³/mol. The van der Waals surface area contributed by atoms with E-state index < -0.39 is 10.1 Å². The third kappa shape index (κ3) is 5.54. The smallest absolute Gasteiger partial charge is 0.264 e. The first kappa shape index (κ1) is 12.2. The normalized spacial score (nSPS) is 11.6. The highest BCUT2D eigenvalue weighted by Crippen LogP contribution is 2.07. The van der Waals surface area contributed by atoms with Crippen molar-refractivity contribution in [1.82, 2.24) is 0 Å². The molecule has 0 amide bonds. The maximum absolute atomic E-state index is 10.4. The Morgan fingerprint density at radius 3 is 2.27 bits per heavy atom. The lowest BCUT2D eigenvalue weighted by molar-refractivity contribution is 0.480. The molecule has 1 N–H and O–H groups in total. The van der Waals surface area contributed by atoms with Gasteiger partial charge in [-0.2, -0.15) is 8.42 Å². The molecule has 3 nitrogen and oxygen atoms in total. The van der Waals surface area contributed by atoms with Gasteiger partial charge >= 0.3 is 0 Å². The molecule has 0 atom stereocenters. The van der Waals surface area contributed by atoms with Gasteiger partial charge in [-0.25, -0.2) is 0 Å². The van der Waals surface area contributed by atoms with Crippen molar-refractivity contribution < 1.29 is 13.0 Å². The van der Waals surface area contributed by atoms with E-state index in [1.165, 1.54) is 11.1 Å². The monoisotopic (exact) mass is 228 g/mol. The van der Waals surface area contributed by atoms with Crippen molar-refractivity contribution in [3.8, 4) is 0 Å². The molecule has 0 saturated carbocycles. The van der Waals surface area contributed by atoms with Crippen molar-refractivity contribution in [2.75, 3.05) is 5.75 Å². The number of hydrogen-bond acceptors (Lipinski definition) is 2. The second-order valence-corrected chi connectivity index (χ2v) is 5.30. The quantitative estimate of drug-likeness (QED) is 0.621. The van der Waals surface area contributed by atoms with E-state index in [1.807, 2.05) is 31.2 Å². The molecule has 0 aliphatic rings. The molecule has 0 spiro atoms. The highest BCUT2D eigenvalue weighted by Gasteiger charge is 2.03. The fourth-order valence-electron chi connectivity index (χ4n) is 1.37. The van der Waals surface area contributed by atoms with Crippen LogP contribution >= 0.6 is 0 Å². The largest absolute Gasteiger partial charge is 0.286 e. The van der Waals surface area contributed by atoms with Crippen molar-refractivity contribution in [1.29, 1.82) is 0 Å². The van der Waals surface area contributed by atoms with Crippen molar-refractivity contribution in [2.45, 2.75) is 26.2 Å². The van der Waals surface area contributed by atoms with Crippen LogP contribution in [0.4, 0.5) is 0 Å². The summed E-state index contributed by atoms with van der Waals surface area (Å²) in [4.78, 5) is 0. The number of hydrogen-bond donors (Lipinski definition) is 1. The molecule has 0 bridgehead atoms. The van der Waals surface area contributed by atoms with Crippen LogP contribution in [-0.4, -0.2) is 18.7 Å². The van der Waals surface area contributed by atoms with Gasteiger partial charge in [0.25, 0.3) is 10.1 Å². The average Bonchev–Trinajstić information content (AvgIpc) is 2.14. The summed E-state index contributed by atoms with van der Waals surface area (Å²) in [5.74, 6) is -0.140. The van der Waals surface area contributed by atoms with Crippen LogP contribution in [0.5, 0.6) is 0 Å². The van der Waals surface area contributed by atoms with E-state index in [0.29, 0.717) is 6.42 Å². The zero-order valence-corrected chi connectivity index (χ0v) is 9.63. The lowest BCUT2D eigenvalue weighted by Crippen LogP contribution is -2.03. The minimum absolute atomic E-state index is 0.140. The van der Waals surface area contributed by atoms with Gasteiger partial charge in [-0.15, -0.1) is 0 Å². The second-order valence-electron chi connectivity index (χ2n) is 3.73. The lowest BCUT2D eigenvalue weighted by Gasteiger charge is -2.01. The van der Waals surface area contributed by atoms with Crippen LogP contribution in [0.25, 0.3) is 0 Å². The van der Waals surface area contributed by atoms with E-state index in [2.05, 4.69) is 0 Å². The number of unbranched alkanes of at least 4 members (excludes halogenated alkanes) is 1. The van der Waals surface area contributed by atoms with Crippen LogP contribution < -0.4 is 0 Å². The van der Waals surface area contributed by atoms with Gasteiger partial charge in [-0.3, -0.25) is 4.55 Å². The molecule has 84 valence electrons. The Balaban J connectivity index is 2.29. The van der Waals surface area contributed by atoms with Crippen LogP contribution in [0.15, 0.2) is 24.3 Å². The fraction of sp³-hybridized carbons (Fsp3) is 0.455. The van der Waals surface area contributed by atoms with Gasteiger partial charge in [-0.05, 0) is 31.7 Å². The van der Waals surface area contributed by atoms with Crippen LogP contribution in [0.3, 0.4) is 0 Å². The van der Waals surface area contributed by atoms with E-state index in [9.17, 15) is 8.42 Å². The molecule has 15 heavy (non-hydrogen) atoms. The Hall–Kier alpha value is -0.870. The Bertz CT molecular complexity index is 392. The van der Waals surface area contributed by atoms with Gasteiger partial charge in [0, 0.05) is 0 Å². The van der Waals surface area contributed by atoms with Gasteiger partial charge in [-0.1, -0.05) is 29.8 Å². The third-order valence-electron chi connectivity index (χ3n) is 2.24. The van der Waals surface area contributed by atoms with Gasteiger partial charge in [0.1, 0.15) is 0 Å². The zero-order chi connectivity index (χ0) is 11.3. The molecule has 0 unspecified atom stereocenters. The van der Waals surface area contributed by atoms with Crippen LogP contribution in [0, 0.1) is 6.92 Å². The lowest BCUT2D eigenvalue weighted by atomic mass is 10.1. The first-order chi connectivity index (χ1) is 6.97. The highest BCUT2D eigenvalue weighted by molar-refractivity contribution is 7.85. The van der Waals surface area contributed by atoms with Crippen LogP contribution in [0.2, 0.25) is 0 Å². The zero-order valence-electron chi connectivity index (χ0n) is 8.81. The van der Waals surface area contributed by atoms with Gasteiger partial charge in [0.15, 0.2) is 0 Å². The minimum Gasteiger partial charge on any atom is -0.286 e. The summed E-state index contributed by atoms with van der Waals surface area (Å²) < 4.78 is 29.4. The second kappa shape index (κ2) is 5.28. The van der Waals surface area contributed by atoms with Crippen molar-refractivity contribution in [3.63, 3.8) is 0 Å². The van der Waals surface area contributed by atoms with E-state index in [4.69, 9.17) is 4.55 Å². The summed E-state index contributed by atoms with van der Waals surface area (Å²) in [5, 5.41) is 0. The molecule has 0 aliphatic carbocycles. The third-order valence-corrected chi connectivity index (χ3v) is 3.04. The molecule has 0 aromatic heterocycles. The molecule has 0 aliphatic heterocycles.